The second-order valence-corrected chi connectivity index (χ2v) is 8.54. The molecule has 0 radical (unpaired) electrons. The number of nitrogens with zero attached hydrogens (tertiary/aromatic N) is 3. The van der Waals surface area contributed by atoms with Crippen LogP contribution >= 0.6 is 22.9 Å². The molecule has 8 heteroatoms. The number of fused-ring (bicyclic) bond motifs is 3. The van der Waals surface area contributed by atoms with Gasteiger partial charge in [-0.05, 0) is 41.8 Å². The van der Waals surface area contributed by atoms with Crippen LogP contribution in [-0.2, 0) is 5.72 Å². The molecule has 0 bridgehead atoms. The summed E-state index contributed by atoms with van der Waals surface area (Å²) < 4.78 is 6.43. The summed E-state index contributed by atoms with van der Waals surface area (Å²) >= 11 is 7.92. The van der Waals surface area contributed by atoms with E-state index in [2.05, 4.69) is 6.07 Å². The number of thiophene rings is 1. The fourth-order valence-corrected chi connectivity index (χ4v) is 4.86. The van der Waals surface area contributed by atoms with Gasteiger partial charge in [-0.1, -0.05) is 17.7 Å². The summed E-state index contributed by atoms with van der Waals surface area (Å²) in [5, 5.41) is 20.6. The van der Waals surface area contributed by atoms with Crippen molar-refractivity contribution >= 4 is 34.3 Å². The number of non-ortho nitro benzene ring substituents is 1. The second kappa shape index (κ2) is 6.57. The van der Waals surface area contributed by atoms with Crippen molar-refractivity contribution in [3.8, 4) is 5.75 Å². The number of nitro groups is 1. The minimum atomic E-state index is -0.903. The Labute approximate surface area is 176 Å². The lowest BCUT2D eigenvalue weighted by molar-refractivity contribution is -0.384. The average molecular weight is 426 g/mol. The molecule has 2 aliphatic heterocycles. The van der Waals surface area contributed by atoms with Crippen LogP contribution in [0.1, 0.15) is 35.4 Å². The molecule has 0 fully saturated rings. The zero-order chi connectivity index (χ0) is 20.2. The van der Waals surface area contributed by atoms with E-state index in [4.69, 9.17) is 21.4 Å². The summed E-state index contributed by atoms with van der Waals surface area (Å²) in [6.07, 6.45) is 0.736. The molecule has 1 aromatic heterocycles. The Morgan fingerprint density at radius 1 is 1.28 bits per heavy atom. The minimum absolute atomic E-state index is 0.0326. The summed E-state index contributed by atoms with van der Waals surface area (Å²) in [5.41, 5.74) is 1.92. The Hall–Kier alpha value is -2.90. The van der Waals surface area contributed by atoms with Crippen molar-refractivity contribution in [2.45, 2.75) is 25.1 Å². The van der Waals surface area contributed by atoms with E-state index in [0.717, 1.165) is 33.9 Å². The molecule has 2 aromatic carbocycles. The molecule has 0 amide bonds. The molecule has 0 saturated heterocycles. The molecule has 0 aliphatic carbocycles. The average Bonchev–Trinajstić information content (AvgIpc) is 3.39. The SMILES string of the molecule is C[C@@]1(c2ccc([N+](=O)[O-])cc2)Oc2ccc(Cl)cc2[C@@H]2CC(c3cccs3)=NN21. The lowest BCUT2D eigenvalue weighted by atomic mass is 9.93. The van der Waals surface area contributed by atoms with Gasteiger partial charge in [0.1, 0.15) is 5.75 Å². The quantitative estimate of drug-likeness (QED) is 0.397. The zero-order valence-electron chi connectivity index (χ0n) is 15.4. The third kappa shape index (κ3) is 2.89. The number of hydrogen-bond acceptors (Lipinski definition) is 6. The maximum absolute atomic E-state index is 11.1. The first-order valence-corrected chi connectivity index (χ1v) is 10.4. The van der Waals surface area contributed by atoms with Crippen LogP contribution in [0, 0.1) is 10.1 Å². The number of hydrazone groups is 1. The molecule has 0 saturated carbocycles. The van der Waals surface area contributed by atoms with E-state index in [1.165, 1.54) is 12.1 Å². The van der Waals surface area contributed by atoms with Crippen molar-refractivity contribution in [2.24, 2.45) is 5.10 Å². The molecule has 0 unspecified atom stereocenters. The van der Waals surface area contributed by atoms with Gasteiger partial charge in [-0.2, -0.15) is 5.10 Å². The van der Waals surface area contributed by atoms with E-state index in [1.807, 2.05) is 41.6 Å². The molecule has 3 aromatic rings. The van der Waals surface area contributed by atoms with Crippen LogP contribution in [0.4, 0.5) is 5.69 Å². The van der Waals surface area contributed by atoms with Crippen LogP contribution in [-0.4, -0.2) is 15.6 Å². The van der Waals surface area contributed by atoms with E-state index in [9.17, 15) is 10.1 Å². The summed E-state index contributed by atoms with van der Waals surface area (Å²) in [7, 11) is 0. The number of halogens is 1. The minimum Gasteiger partial charge on any atom is -0.462 e. The number of nitro benzene ring substituents is 1. The number of ether oxygens (including phenoxy) is 1. The molecular weight excluding hydrogens is 410 g/mol. The summed E-state index contributed by atoms with van der Waals surface area (Å²) in [6.45, 7) is 1.94. The van der Waals surface area contributed by atoms with E-state index >= 15 is 0 Å². The van der Waals surface area contributed by atoms with Gasteiger partial charge in [-0.15, -0.1) is 11.3 Å². The standard InChI is InChI=1S/C21H16ClN3O3S/c1-21(13-4-7-15(8-5-13)25(26)27)24-18(12-17(23-24)20-3-2-10-29-20)16-11-14(22)6-9-19(16)28-21/h2-11,18H,12H2,1H3/t18-,21-/m0/s1. The highest BCUT2D eigenvalue weighted by atomic mass is 35.5. The van der Waals surface area contributed by atoms with Crippen LogP contribution in [0.5, 0.6) is 5.75 Å². The maximum Gasteiger partial charge on any atom is 0.269 e. The van der Waals surface area contributed by atoms with E-state index in [0.29, 0.717) is 5.02 Å². The molecule has 0 spiro atoms. The van der Waals surface area contributed by atoms with Crippen LogP contribution in [0.2, 0.25) is 5.02 Å². The lowest BCUT2D eigenvalue weighted by Gasteiger charge is -2.46. The Morgan fingerprint density at radius 3 is 2.76 bits per heavy atom. The van der Waals surface area contributed by atoms with Crippen molar-refractivity contribution < 1.29 is 9.66 Å². The first kappa shape index (κ1) is 18.1. The highest BCUT2D eigenvalue weighted by Crippen LogP contribution is 2.51. The first-order valence-electron chi connectivity index (χ1n) is 9.10. The summed E-state index contributed by atoms with van der Waals surface area (Å²) in [6, 6.07) is 16.1. The van der Waals surface area contributed by atoms with Gasteiger partial charge in [0.2, 0.25) is 5.72 Å². The van der Waals surface area contributed by atoms with Crippen LogP contribution in [0.3, 0.4) is 0 Å². The Kier molecular flexibility index (Phi) is 4.11. The fourth-order valence-electron chi connectivity index (χ4n) is 3.95. The first-order chi connectivity index (χ1) is 14.0. The maximum atomic E-state index is 11.1. The van der Waals surface area contributed by atoms with E-state index < -0.39 is 10.6 Å². The highest BCUT2D eigenvalue weighted by Gasteiger charge is 2.49. The predicted octanol–water partition coefficient (Wildman–Crippen LogP) is 5.73. The van der Waals surface area contributed by atoms with Crippen molar-refractivity contribution in [2.75, 3.05) is 0 Å². The Morgan fingerprint density at radius 2 is 2.07 bits per heavy atom. The third-order valence-electron chi connectivity index (χ3n) is 5.41. The van der Waals surface area contributed by atoms with Gasteiger partial charge in [0.25, 0.3) is 5.69 Å². The number of rotatable bonds is 3. The van der Waals surface area contributed by atoms with Crippen LogP contribution in [0.25, 0.3) is 0 Å². The second-order valence-electron chi connectivity index (χ2n) is 7.16. The van der Waals surface area contributed by atoms with E-state index in [1.54, 1.807) is 23.5 Å². The molecule has 146 valence electrons. The van der Waals surface area contributed by atoms with Gasteiger partial charge in [0.15, 0.2) is 0 Å². The molecule has 3 heterocycles. The largest absolute Gasteiger partial charge is 0.462 e. The van der Waals surface area contributed by atoms with E-state index in [-0.39, 0.29) is 11.7 Å². The van der Waals surface area contributed by atoms with Crippen LogP contribution in [0.15, 0.2) is 65.1 Å². The molecule has 2 aliphatic rings. The smallest absolute Gasteiger partial charge is 0.269 e. The van der Waals surface area contributed by atoms with Crippen molar-refractivity contribution in [1.29, 1.82) is 0 Å². The van der Waals surface area contributed by atoms with Gasteiger partial charge in [-0.3, -0.25) is 10.1 Å². The highest BCUT2D eigenvalue weighted by molar-refractivity contribution is 7.12. The van der Waals surface area contributed by atoms with Crippen molar-refractivity contribution in [1.82, 2.24) is 5.01 Å². The predicted molar refractivity (Wildman–Crippen MR) is 113 cm³/mol. The van der Waals surface area contributed by atoms with Gasteiger partial charge in [0.05, 0.1) is 21.6 Å². The third-order valence-corrected chi connectivity index (χ3v) is 6.56. The van der Waals surface area contributed by atoms with Gasteiger partial charge >= 0.3 is 0 Å². The molecule has 6 nitrogen and oxygen atoms in total. The molecular formula is C21H16ClN3O3S. The summed E-state index contributed by atoms with van der Waals surface area (Å²) in [4.78, 5) is 11.8. The van der Waals surface area contributed by atoms with Gasteiger partial charge in [0, 0.05) is 41.6 Å². The van der Waals surface area contributed by atoms with Gasteiger partial charge in [-0.25, -0.2) is 5.01 Å². The zero-order valence-corrected chi connectivity index (χ0v) is 17.0. The molecule has 2 atom stereocenters. The lowest BCUT2D eigenvalue weighted by Crippen LogP contribution is -2.48. The Balaban J connectivity index is 1.64. The van der Waals surface area contributed by atoms with Gasteiger partial charge < -0.3 is 4.74 Å². The monoisotopic (exact) mass is 425 g/mol. The molecule has 0 N–H and O–H groups in total. The van der Waals surface area contributed by atoms with Crippen LogP contribution < -0.4 is 4.74 Å². The van der Waals surface area contributed by atoms with Crippen molar-refractivity contribution in [3.05, 3.63) is 91.1 Å². The topological polar surface area (TPSA) is 68.0 Å². The normalized spacial score (nSPS) is 22.5. The van der Waals surface area contributed by atoms with Crippen molar-refractivity contribution in [3.63, 3.8) is 0 Å². The number of benzene rings is 2. The Bertz CT molecular complexity index is 1130. The number of hydrogen-bond donors (Lipinski definition) is 0. The molecule has 5 rings (SSSR count). The fraction of sp³-hybridized carbons (Fsp3) is 0.190. The molecule has 29 heavy (non-hydrogen) atoms. The summed E-state index contributed by atoms with van der Waals surface area (Å²) in [5.74, 6) is 0.749.